The van der Waals surface area contributed by atoms with Crippen LogP contribution in [-0.2, 0) is 0 Å². The lowest BCUT2D eigenvalue weighted by molar-refractivity contribution is 0.285. The number of rotatable bonds is 5. The lowest BCUT2D eigenvalue weighted by atomic mass is 10.1. The molecule has 0 saturated heterocycles. The number of nitrogens with two attached hydrogens (primary N) is 1. The summed E-state index contributed by atoms with van der Waals surface area (Å²) in [4.78, 5) is 0. The predicted molar refractivity (Wildman–Crippen MR) is 58.3 cm³/mol. The molecule has 4 heteroatoms. The van der Waals surface area contributed by atoms with Crippen molar-refractivity contribution < 1.29 is 5.11 Å². The third-order valence-corrected chi connectivity index (χ3v) is 2.22. The smallest absolute Gasteiger partial charge is 0.0556 e. The average Bonchev–Trinajstić information content (AvgIpc) is 2.19. The number of benzene rings is 1. The van der Waals surface area contributed by atoms with Crippen molar-refractivity contribution in [2.75, 3.05) is 19.7 Å². The maximum Gasteiger partial charge on any atom is 0.0556 e. The summed E-state index contributed by atoms with van der Waals surface area (Å²) in [5.74, 6) is 0. The molecule has 0 aliphatic heterocycles. The van der Waals surface area contributed by atoms with Crippen LogP contribution in [0.2, 0.25) is 5.02 Å². The molecule has 78 valence electrons. The minimum atomic E-state index is 0.0563. The van der Waals surface area contributed by atoms with Gasteiger partial charge in [-0.1, -0.05) is 23.7 Å². The lowest BCUT2D eigenvalue weighted by Gasteiger charge is -2.16. The molecule has 1 atom stereocenters. The first-order valence-corrected chi connectivity index (χ1v) is 4.95. The fourth-order valence-corrected chi connectivity index (χ4v) is 1.50. The zero-order valence-electron chi connectivity index (χ0n) is 7.91. The van der Waals surface area contributed by atoms with E-state index < -0.39 is 0 Å². The molecule has 0 aliphatic rings. The first kappa shape index (κ1) is 11.5. The Morgan fingerprint density at radius 3 is 2.86 bits per heavy atom. The van der Waals surface area contributed by atoms with Crippen molar-refractivity contribution in [1.29, 1.82) is 0 Å². The Labute approximate surface area is 88.9 Å². The second-order valence-corrected chi connectivity index (χ2v) is 3.46. The van der Waals surface area contributed by atoms with E-state index in [-0.39, 0.29) is 12.6 Å². The molecular formula is C10H15ClN2O. The maximum atomic E-state index is 8.68. The van der Waals surface area contributed by atoms with Gasteiger partial charge in [-0.15, -0.1) is 0 Å². The fraction of sp³-hybridized carbons (Fsp3) is 0.400. The van der Waals surface area contributed by atoms with Crippen molar-refractivity contribution in [2.45, 2.75) is 6.04 Å². The van der Waals surface area contributed by atoms with Crippen LogP contribution in [-0.4, -0.2) is 24.8 Å². The highest BCUT2D eigenvalue weighted by atomic mass is 35.5. The summed E-state index contributed by atoms with van der Waals surface area (Å²) in [6, 6.07) is 7.61. The molecule has 0 spiro atoms. The molecule has 0 heterocycles. The van der Waals surface area contributed by atoms with E-state index in [1.807, 2.05) is 24.3 Å². The van der Waals surface area contributed by atoms with Gasteiger partial charge in [0.05, 0.1) is 6.61 Å². The number of aliphatic hydroxyl groups excluding tert-OH is 1. The molecular weight excluding hydrogens is 200 g/mol. The van der Waals surface area contributed by atoms with Crippen LogP contribution in [0.5, 0.6) is 0 Å². The molecule has 0 aliphatic carbocycles. The largest absolute Gasteiger partial charge is 0.395 e. The highest BCUT2D eigenvalue weighted by Crippen LogP contribution is 2.16. The van der Waals surface area contributed by atoms with Gasteiger partial charge < -0.3 is 16.2 Å². The van der Waals surface area contributed by atoms with Crippen LogP contribution in [0.25, 0.3) is 0 Å². The Morgan fingerprint density at radius 1 is 1.50 bits per heavy atom. The molecule has 0 fully saturated rings. The zero-order chi connectivity index (χ0) is 10.4. The summed E-state index contributed by atoms with van der Waals surface area (Å²) in [6.45, 7) is 1.13. The van der Waals surface area contributed by atoms with Gasteiger partial charge in [0.25, 0.3) is 0 Å². The third kappa shape index (κ3) is 3.27. The molecule has 1 rings (SSSR count). The Morgan fingerprint density at radius 2 is 2.29 bits per heavy atom. The van der Waals surface area contributed by atoms with Crippen LogP contribution in [0.4, 0.5) is 0 Å². The van der Waals surface area contributed by atoms with Crippen LogP contribution in [0.15, 0.2) is 24.3 Å². The molecule has 1 aromatic rings. The average molecular weight is 215 g/mol. The van der Waals surface area contributed by atoms with E-state index in [1.54, 1.807) is 0 Å². The summed E-state index contributed by atoms with van der Waals surface area (Å²) in [6.07, 6.45) is 0. The monoisotopic (exact) mass is 214 g/mol. The van der Waals surface area contributed by atoms with Gasteiger partial charge in [-0.2, -0.15) is 0 Å². The molecule has 0 amide bonds. The summed E-state index contributed by atoms with van der Waals surface area (Å²) in [5, 5.41) is 12.5. The van der Waals surface area contributed by atoms with Crippen LogP contribution in [0.3, 0.4) is 0 Å². The molecule has 0 saturated carbocycles. The first-order valence-electron chi connectivity index (χ1n) is 4.57. The van der Waals surface area contributed by atoms with E-state index in [9.17, 15) is 0 Å². The second kappa shape index (κ2) is 5.98. The van der Waals surface area contributed by atoms with E-state index >= 15 is 0 Å². The molecule has 1 aromatic carbocycles. The zero-order valence-corrected chi connectivity index (χ0v) is 8.67. The van der Waals surface area contributed by atoms with Crippen LogP contribution >= 0.6 is 11.6 Å². The Bertz CT molecular complexity index is 281. The minimum Gasteiger partial charge on any atom is -0.395 e. The van der Waals surface area contributed by atoms with E-state index in [0.29, 0.717) is 18.1 Å². The van der Waals surface area contributed by atoms with Gasteiger partial charge in [-0.25, -0.2) is 0 Å². The SMILES string of the molecule is NCC(NCCO)c1cccc(Cl)c1. The van der Waals surface area contributed by atoms with Crippen molar-refractivity contribution in [3.63, 3.8) is 0 Å². The van der Waals surface area contributed by atoms with Gasteiger partial charge in [-0.3, -0.25) is 0 Å². The Hall–Kier alpha value is -0.610. The lowest BCUT2D eigenvalue weighted by Crippen LogP contribution is -2.30. The third-order valence-electron chi connectivity index (χ3n) is 1.99. The molecule has 4 N–H and O–H groups in total. The molecule has 14 heavy (non-hydrogen) atoms. The Kier molecular flexibility index (Phi) is 4.90. The van der Waals surface area contributed by atoms with Crippen LogP contribution < -0.4 is 11.1 Å². The second-order valence-electron chi connectivity index (χ2n) is 3.02. The van der Waals surface area contributed by atoms with E-state index in [1.165, 1.54) is 0 Å². The minimum absolute atomic E-state index is 0.0563. The maximum absolute atomic E-state index is 8.68. The molecule has 1 unspecified atom stereocenters. The quantitative estimate of drug-likeness (QED) is 0.683. The van der Waals surface area contributed by atoms with Crippen LogP contribution in [0.1, 0.15) is 11.6 Å². The van der Waals surface area contributed by atoms with Gasteiger partial charge in [0.15, 0.2) is 0 Å². The molecule has 3 nitrogen and oxygen atoms in total. The fourth-order valence-electron chi connectivity index (χ4n) is 1.30. The van der Waals surface area contributed by atoms with E-state index in [0.717, 1.165) is 5.56 Å². The van der Waals surface area contributed by atoms with Crippen molar-refractivity contribution in [2.24, 2.45) is 5.73 Å². The van der Waals surface area contributed by atoms with Crippen molar-refractivity contribution in [1.82, 2.24) is 5.32 Å². The predicted octanol–water partition coefficient (Wildman–Crippen LogP) is 0.922. The van der Waals surface area contributed by atoms with Gasteiger partial charge >= 0.3 is 0 Å². The number of nitrogens with one attached hydrogen (secondary N) is 1. The summed E-state index contributed by atoms with van der Waals surface area (Å²) in [7, 11) is 0. The van der Waals surface area contributed by atoms with Gasteiger partial charge in [-0.05, 0) is 17.7 Å². The van der Waals surface area contributed by atoms with Crippen LogP contribution in [0, 0.1) is 0 Å². The first-order chi connectivity index (χ1) is 6.77. The van der Waals surface area contributed by atoms with Crippen molar-refractivity contribution in [3.8, 4) is 0 Å². The summed E-state index contributed by atoms with van der Waals surface area (Å²) < 4.78 is 0. The highest BCUT2D eigenvalue weighted by Gasteiger charge is 2.07. The number of halogens is 1. The van der Waals surface area contributed by atoms with Gasteiger partial charge in [0.1, 0.15) is 0 Å². The topological polar surface area (TPSA) is 58.3 Å². The summed E-state index contributed by atoms with van der Waals surface area (Å²) in [5.41, 5.74) is 6.66. The number of hydrogen-bond donors (Lipinski definition) is 3. The number of aliphatic hydroxyl groups is 1. The van der Waals surface area contributed by atoms with Crippen molar-refractivity contribution in [3.05, 3.63) is 34.9 Å². The normalized spacial score (nSPS) is 12.8. The summed E-state index contributed by atoms with van der Waals surface area (Å²) >= 11 is 5.86. The molecule has 0 bridgehead atoms. The van der Waals surface area contributed by atoms with E-state index in [2.05, 4.69) is 5.32 Å². The van der Waals surface area contributed by atoms with Gasteiger partial charge in [0, 0.05) is 24.2 Å². The van der Waals surface area contributed by atoms with Gasteiger partial charge in [0.2, 0.25) is 0 Å². The standard InChI is InChI=1S/C10H15ClN2O/c11-9-3-1-2-8(6-9)10(7-12)13-4-5-14/h1-3,6,10,13-14H,4-5,7,12H2. The highest BCUT2D eigenvalue weighted by molar-refractivity contribution is 6.30. The Balaban J connectivity index is 2.68. The van der Waals surface area contributed by atoms with E-state index in [4.69, 9.17) is 22.4 Å². The molecule has 0 radical (unpaired) electrons. The number of hydrogen-bond acceptors (Lipinski definition) is 3. The van der Waals surface area contributed by atoms with Crippen molar-refractivity contribution >= 4 is 11.6 Å². The molecule has 0 aromatic heterocycles.